The minimum absolute atomic E-state index is 0.132. The van der Waals surface area contributed by atoms with Gasteiger partial charge in [-0.1, -0.05) is 28.1 Å². The maximum atomic E-state index is 12.5. The van der Waals surface area contributed by atoms with Crippen molar-refractivity contribution in [2.24, 2.45) is 0 Å². The Morgan fingerprint density at radius 1 is 1.12 bits per heavy atom. The Kier molecular flexibility index (Phi) is 5.41. The van der Waals surface area contributed by atoms with E-state index in [1.165, 1.54) is 30.3 Å². The first-order chi connectivity index (χ1) is 11.1. The van der Waals surface area contributed by atoms with Crippen molar-refractivity contribution >= 4 is 31.6 Å². The lowest BCUT2D eigenvalue weighted by atomic mass is 10.2. The van der Waals surface area contributed by atoms with Gasteiger partial charge in [0.05, 0.1) is 6.61 Å². The van der Waals surface area contributed by atoms with Gasteiger partial charge in [-0.15, -0.1) is 13.2 Å². The van der Waals surface area contributed by atoms with Crippen LogP contribution >= 0.6 is 15.9 Å². The van der Waals surface area contributed by atoms with Gasteiger partial charge >= 0.3 is 6.36 Å². The van der Waals surface area contributed by atoms with Gasteiger partial charge in [0.2, 0.25) is 0 Å². The van der Waals surface area contributed by atoms with Crippen molar-refractivity contribution < 1.29 is 31.4 Å². The molecule has 0 saturated carbocycles. The molecule has 0 fully saturated rings. The molecule has 0 aliphatic carbocycles. The zero-order valence-corrected chi connectivity index (χ0v) is 14.2. The van der Waals surface area contributed by atoms with Gasteiger partial charge < -0.3 is 9.84 Å². The van der Waals surface area contributed by atoms with E-state index in [9.17, 15) is 21.6 Å². The fourth-order valence-corrected chi connectivity index (χ4v) is 3.31. The van der Waals surface area contributed by atoms with Crippen LogP contribution < -0.4 is 9.46 Å². The normalized spacial score (nSPS) is 12.0. The van der Waals surface area contributed by atoms with Crippen molar-refractivity contribution in [2.45, 2.75) is 17.9 Å². The molecule has 0 saturated heterocycles. The second-order valence-corrected chi connectivity index (χ2v) is 7.17. The number of anilines is 1. The van der Waals surface area contributed by atoms with Crippen molar-refractivity contribution in [3.05, 3.63) is 52.5 Å². The highest BCUT2D eigenvalue weighted by Gasteiger charge is 2.34. The Labute approximate surface area is 144 Å². The molecule has 2 aromatic carbocycles. The molecule has 0 aliphatic rings. The quantitative estimate of drug-likeness (QED) is 0.766. The highest BCUT2D eigenvalue weighted by Crippen LogP contribution is 2.33. The van der Waals surface area contributed by atoms with E-state index >= 15 is 0 Å². The predicted octanol–water partition coefficient (Wildman–Crippen LogP) is 3.64. The summed E-state index contributed by atoms with van der Waals surface area (Å²) >= 11 is 2.97. The monoisotopic (exact) mass is 425 g/mol. The second kappa shape index (κ2) is 6.99. The molecule has 0 spiro atoms. The molecule has 0 amide bonds. The zero-order valence-electron chi connectivity index (χ0n) is 11.8. The number of hydrogen-bond acceptors (Lipinski definition) is 4. The van der Waals surface area contributed by atoms with Crippen LogP contribution in [0.4, 0.5) is 18.9 Å². The Bertz CT molecular complexity index is 823. The molecule has 10 heteroatoms. The Balaban J connectivity index is 2.37. The lowest BCUT2D eigenvalue weighted by molar-refractivity contribution is -0.275. The van der Waals surface area contributed by atoms with E-state index in [0.717, 1.165) is 12.1 Å². The highest BCUT2D eigenvalue weighted by molar-refractivity contribution is 9.10. The first kappa shape index (κ1) is 18.6. The lowest BCUT2D eigenvalue weighted by Gasteiger charge is -2.15. The third-order valence-electron chi connectivity index (χ3n) is 2.81. The molecule has 130 valence electrons. The van der Waals surface area contributed by atoms with E-state index in [2.05, 4.69) is 25.4 Å². The van der Waals surface area contributed by atoms with Crippen LogP contribution in [0.25, 0.3) is 0 Å². The van der Waals surface area contributed by atoms with Gasteiger partial charge in [0.15, 0.2) is 5.75 Å². The van der Waals surface area contributed by atoms with Crippen molar-refractivity contribution in [2.75, 3.05) is 4.72 Å². The van der Waals surface area contributed by atoms with Gasteiger partial charge in [0.1, 0.15) is 4.90 Å². The fraction of sp³-hybridized carbons (Fsp3) is 0.143. The van der Waals surface area contributed by atoms with Crippen molar-refractivity contribution in [1.29, 1.82) is 0 Å². The van der Waals surface area contributed by atoms with Crippen LogP contribution in [0.5, 0.6) is 5.75 Å². The number of aliphatic hydroxyl groups is 1. The van der Waals surface area contributed by atoms with Crippen LogP contribution in [-0.4, -0.2) is 19.9 Å². The smallest absolute Gasteiger partial charge is 0.404 e. The van der Waals surface area contributed by atoms with E-state index in [1.54, 1.807) is 0 Å². The third-order valence-corrected chi connectivity index (χ3v) is 4.72. The topological polar surface area (TPSA) is 75.6 Å². The Hall–Kier alpha value is -1.78. The summed E-state index contributed by atoms with van der Waals surface area (Å²) < 4.78 is 68.3. The maximum Gasteiger partial charge on any atom is 0.573 e. The first-order valence-corrected chi connectivity index (χ1v) is 8.66. The molecular formula is C14H11BrF3NO4S. The summed E-state index contributed by atoms with van der Waals surface area (Å²) in [6, 6.07) is 8.91. The van der Waals surface area contributed by atoms with E-state index in [0.29, 0.717) is 5.56 Å². The van der Waals surface area contributed by atoms with Crippen LogP contribution in [0.1, 0.15) is 5.56 Å². The van der Waals surface area contributed by atoms with E-state index in [1.807, 2.05) is 0 Å². The number of aliphatic hydroxyl groups excluding tert-OH is 1. The fourth-order valence-electron chi connectivity index (χ4n) is 1.80. The Morgan fingerprint density at radius 2 is 1.75 bits per heavy atom. The maximum absolute atomic E-state index is 12.5. The van der Waals surface area contributed by atoms with Crippen LogP contribution in [-0.2, 0) is 16.6 Å². The number of nitrogens with one attached hydrogen (secondary N) is 1. The van der Waals surface area contributed by atoms with Crippen LogP contribution in [0, 0.1) is 0 Å². The number of alkyl halides is 3. The summed E-state index contributed by atoms with van der Waals surface area (Å²) in [6.07, 6.45) is -5.03. The SMILES string of the molecule is O=S(=O)(Nc1ccc(CO)cc1)c1ccc(Br)cc1OC(F)(F)F. The molecule has 2 rings (SSSR count). The largest absolute Gasteiger partial charge is 0.573 e. The van der Waals surface area contributed by atoms with Gasteiger partial charge in [0, 0.05) is 10.2 Å². The predicted molar refractivity (Wildman–Crippen MR) is 84.0 cm³/mol. The molecule has 5 nitrogen and oxygen atoms in total. The number of hydrogen-bond donors (Lipinski definition) is 2. The second-order valence-electron chi connectivity index (χ2n) is 4.60. The van der Waals surface area contributed by atoms with Gasteiger partial charge in [0.25, 0.3) is 10.0 Å². The summed E-state index contributed by atoms with van der Waals surface area (Å²) in [5.41, 5.74) is 0.691. The van der Waals surface area contributed by atoms with Crippen molar-refractivity contribution in [1.82, 2.24) is 0 Å². The van der Waals surface area contributed by atoms with Gasteiger partial charge in [-0.25, -0.2) is 8.42 Å². The van der Waals surface area contributed by atoms with Gasteiger partial charge in [-0.3, -0.25) is 4.72 Å². The van der Waals surface area contributed by atoms with E-state index in [4.69, 9.17) is 5.11 Å². The Morgan fingerprint density at radius 3 is 2.29 bits per heavy atom. The molecule has 0 aliphatic heterocycles. The van der Waals surface area contributed by atoms with E-state index in [-0.39, 0.29) is 16.8 Å². The molecule has 24 heavy (non-hydrogen) atoms. The summed E-state index contributed by atoms with van der Waals surface area (Å²) in [5, 5.41) is 8.94. The average molecular weight is 426 g/mol. The summed E-state index contributed by atoms with van der Waals surface area (Å²) in [7, 11) is -4.31. The molecule has 2 N–H and O–H groups in total. The minimum atomic E-state index is -5.03. The molecule has 0 heterocycles. The lowest BCUT2D eigenvalue weighted by Crippen LogP contribution is -2.21. The van der Waals surface area contributed by atoms with Crippen LogP contribution in [0.3, 0.4) is 0 Å². The molecule has 2 aromatic rings. The van der Waals surface area contributed by atoms with Crippen molar-refractivity contribution in [3.8, 4) is 5.75 Å². The third kappa shape index (κ3) is 4.86. The summed E-state index contributed by atoms with van der Waals surface area (Å²) in [5.74, 6) is -0.851. The van der Waals surface area contributed by atoms with Crippen molar-refractivity contribution in [3.63, 3.8) is 0 Å². The zero-order chi connectivity index (χ0) is 18.0. The average Bonchev–Trinajstić information content (AvgIpc) is 2.45. The standard InChI is InChI=1S/C14H11BrF3NO4S/c15-10-3-6-13(12(7-10)23-14(16,17)18)24(21,22)19-11-4-1-9(8-20)2-5-11/h1-7,19-20H,8H2. The summed E-state index contributed by atoms with van der Waals surface area (Å²) in [6.45, 7) is -0.219. The minimum Gasteiger partial charge on any atom is -0.404 e. The summed E-state index contributed by atoms with van der Waals surface area (Å²) in [4.78, 5) is -0.658. The highest BCUT2D eigenvalue weighted by atomic mass is 79.9. The van der Waals surface area contributed by atoms with Gasteiger partial charge in [-0.05, 0) is 35.9 Å². The number of sulfonamides is 1. The van der Waals surface area contributed by atoms with E-state index < -0.39 is 27.0 Å². The van der Waals surface area contributed by atoms with Gasteiger partial charge in [-0.2, -0.15) is 0 Å². The molecule has 0 radical (unpaired) electrons. The molecular weight excluding hydrogens is 415 g/mol. The number of rotatable bonds is 5. The number of benzene rings is 2. The molecule has 0 atom stereocenters. The number of halogens is 4. The molecule has 0 aromatic heterocycles. The first-order valence-electron chi connectivity index (χ1n) is 6.38. The molecule has 0 bridgehead atoms. The van der Waals surface area contributed by atoms with Crippen LogP contribution in [0.2, 0.25) is 0 Å². The van der Waals surface area contributed by atoms with Crippen LogP contribution in [0.15, 0.2) is 51.8 Å². The number of ether oxygens (including phenoxy) is 1. The molecule has 0 unspecified atom stereocenters.